The first kappa shape index (κ1) is 24.1. The monoisotopic (exact) mass is 437 g/mol. The van der Waals surface area contributed by atoms with Crippen molar-refractivity contribution < 1.29 is 32.2 Å². The highest BCUT2D eigenvalue weighted by atomic mass is 19.4. The van der Waals surface area contributed by atoms with Gasteiger partial charge in [0.25, 0.3) is 0 Å². The van der Waals surface area contributed by atoms with Gasteiger partial charge in [0.05, 0.1) is 26.9 Å². The average Bonchev–Trinajstić information content (AvgIpc) is 2.74. The third-order valence-electron chi connectivity index (χ3n) is 4.79. The molecule has 1 amide bonds. The standard InChI is InChI=1S/C23H26F3NO4/c1-22(2,16-7-6-8-17(13-16)23(24,25)26)14-27-20(28)10-9-15-11-18(29-3)21(31-5)19(12-15)30-4/h6-13H,14H2,1-5H3,(H,27,28)/b10-9+. The maximum atomic E-state index is 13.0. The fraction of sp³-hybridized carbons (Fsp3) is 0.348. The summed E-state index contributed by atoms with van der Waals surface area (Å²) in [5, 5.41) is 2.74. The van der Waals surface area contributed by atoms with Crippen LogP contribution in [0.25, 0.3) is 6.08 Å². The van der Waals surface area contributed by atoms with Crippen molar-refractivity contribution in [1.82, 2.24) is 5.32 Å². The molecule has 0 unspecified atom stereocenters. The minimum absolute atomic E-state index is 0.159. The minimum atomic E-state index is -4.42. The summed E-state index contributed by atoms with van der Waals surface area (Å²) >= 11 is 0. The number of rotatable bonds is 8. The highest BCUT2D eigenvalue weighted by Gasteiger charge is 2.32. The van der Waals surface area contributed by atoms with Crippen LogP contribution in [0.15, 0.2) is 42.5 Å². The molecule has 0 aliphatic rings. The molecule has 0 aliphatic heterocycles. The molecule has 2 rings (SSSR count). The molecule has 0 atom stereocenters. The fourth-order valence-electron chi connectivity index (χ4n) is 2.96. The lowest BCUT2D eigenvalue weighted by atomic mass is 9.83. The van der Waals surface area contributed by atoms with Gasteiger partial charge < -0.3 is 19.5 Å². The van der Waals surface area contributed by atoms with Gasteiger partial charge in [-0.15, -0.1) is 0 Å². The van der Waals surface area contributed by atoms with E-state index < -0.39 is 17.2 Å². The minimum Gasteiger partial charge on any atom is -0.493 e. The van der Waals surface area contributed by atoms with E-state index in [1.807, 2.05) is 0 Å². The zero-order chi connectivity index (χ0) is 23.2. The predicted octanol–water partition coefficient (Wildman–Crippen LogP) is 4.84. The van der Waals surface area contributed by atoms with Gasteiger partial charge in [0.15, 0.2) is 11.5 Å². The maximum absolute atomic E-state index is 13.0. The number of halogens is 3. The fourth-order valence-corrected chi connectivity index (χ4v) is 2.96. The normalized spacial score (nSPS) is 12.0. The van der Waals surface area contributed by atoms with E-state index >= 15 is 0 Å². The first-order valence-electron chi connectivity index (χ1n) is 9.45. The number of hydrogen-bond donors (Lipinski definition) is 1. The second kappa shape index (κ2) is 9.76. The van der Waals surface area contributed by atoms with Gasteiger partial charge in [-0.05, 0) is 35.4 Å². The Labute approximate surface area is 179 Å². The quantitative estimate of drug-likeness (QED) is 0.601. The largest absolute Gasteiger partial charge is 0.493 e. The second-order valence-electron chi connectivity index (χ2n) is 7.47. The van der Waals surface area contributed by atoms with Crippen molar-refractivity contribution in [2.75, 3.05) is 27.9 Å². The molecular weight excluding hydrogens is 411 g/mol. The van der Waals surface area contributed by atoms with E-state index in [1.165, 1.54) is 33.5 Å². The van der Waals surface area contributed by atoms with Crippen molar-refractivity contribution in [2.24, 2.45) is 0 Å². The summed E-state index contributed by atoms with van der Waals surface area (Å²) in [6, 6.07) is 8.50. The topological polar surface area (TPSA) is 56.8 Å². The second-order valence-corrected chi connectivity index (χ2v) is 7.47. The molecule has 1 N–H and O–H groups in total. The molecular formula is C23H26F3NO4. The van der Waals surface area contributed by atoms with Crippen molar-refractivity contribution >= 4 is 12.0 Å². The van der Waals surface area contributed by atoms with Crippen LogP contribution in [0.4, 0.5) is 13.2 Å². The van der Waals surface area contributed by atoms with Gasteiger partial charge in [0.1, 0.15) is 0 Å². The van der Waals surface area contributed by atoms with Crippen LogP contribution in [0.2, 0.25) is 0 Å². The summed E-state index contributed by atoms with van der Waals surface area (Å²) in [5.41, 5.74) is -0.276. The predicted molar refractivity (Wildman–Crippen MR) is 113 cm³/mol. The van der Waals surface area contributed by atoms with Gasteiger partial charge in [0.2, 0.25) is 11.7 Å². The molecule has 0 aromatic heterocycles. The number of amides is 1. The molecule has 0 saturated carbocycles. The molecule has 0 bridgehead atoms. The van der Waals surface area contributed by atoms with Crippen LogP contribution in [-0.4, -0.2) is 33.8 Å². The average molecular weight is 437 g/mol. The molecule has 0 heterocycles. The smallest absolute Gasteiger partial charge is 0.416 e. The molecule has 2 aromatic rings. The van der Waals surface area contributed by atoms with Gasteiger partial charge in [-0.1, -0.05) is 32.0 Å². The summed E-state index contributed by atoms with van der Waals surface area (Å²) in [5.74, 6) is 0.961. The van der Waals surface area contributed by atoms with Crippen LogP contribution < -0.4 is 19.5 Å². The van der Waals surface area contributed by atoms with Crippen molar-refractivity contribution in [1.29, 1.82) is 0 Å². The lowest BCUT2D eigenvalue weighted by Crippen LogP contribution is -2.36. The number of alkyl halides is 3. The van der Waals surface area contributed by atoms with Crippen LogP contribution in [-0.2, 0) is 16.4 Å². The Hall–Kier alpha value is -3.16. The molecule has 0 spiro atoms. The zero-order valence-corrected chi connectivity index (χ0v) is 18.1. The van der Waals surface area contributed by atoms with Gasteiger partial charge in [-0.3, -0.25) is 4.79 Å². The Morgan fingerprint density at radius 3 is 2.06 bits per heavy atom. The molecule has 168 valence electrons. The zero-order valence-electron chi connectivity index (χ0n) is 18.1. The van der Waals surface area contributed by atoms with Crippen LogP contribution in [0.5, 0.6) is 17.2 Å². The summed E-state index contributed by atoms with van der Waals surface area (Å²) in [4.78, 5) is 12.3. The number of carbonyl (C=O) groups is 1. The Balaban J connectivity index is 2.10. The van der Waals surface area contributed by atoms with E-state index in [1.54, 1.807) is 38.1 Å². The molecule has 0 aliphatic carbocycles. The lowest BCUT2D eigenvalue weighted by molar-refractivity contribution is -0.137. The van der Waals surface area contributed by atoms with E-state index in [2.05, 4.69) is 5.32 Å². The molecule has 8 heteroatoms. The van der Waals surface area contributed by atoms with E-state index in [0.29, 0.717) is 28.4 Å². The highest BCUT2D eigenvalue weighted by molar-refractivity contribution is 5.92. The number of hydrogen-bond acceptors (Lipinski definition) is 4. The summed E-state index contributed by atoms with van der Waals surface area (Å²) in [7, 11) is 4.48. The number of carbonyl (C=O) groups excluding carboxylic acids is 1. The summed E-state index contributed by atoms with van der Waals surface area (Å²) < 4.78 is 54.8. The van der Waals surface area contributed by atoms with Crippen molar-refractivity contribution in [3.63, 3.8) is 0 Å². The Morgan fingerprint density at radius 1 is 0.968 bits per heavy atom. The van der Waals surface area contributed by atoms with Crippen LogP contribution >= 0.6 is 0 Å². The van der Waals surface area contributed by atoms with Gasteiger partial charge in [0, 0.05) is 18.0 Å². The molecule has 0 saturated heterocycles. The van der Waals surface area contributed by atoms with E-state index in [0.717, 1.165) is 12.1 Å². The van der Waals surface area contributed by atoms with E-state index in [4.69, 9.17) is 14.2 Å². The molecule has 0 fully saturated rings. The Bertz CT molecular complexity index is 927. The van der Waals surface area contributed by atoms with Crippen molar-refractivity contribution in [3.05, 3.63) is 59.2 Å². The first-order valence-corrected chi connectivity index (χ1v) is 9.45. The Kier molecular flexibility index (Phi) is 7.60. The Morgan fingerprint density at radius 2 is 1.55 bits per heavy atom. The van der Waals surface area contributed by atoms with Gasteiger partial charge in [-0.25, -0.2) is 0 Å². The van der Waals surface area contributed by atoms with Crippen molar-refractivity contribution in [3.8, 4) is 17.2 Å². The lowest BCUT2D eigenvalue weighted by Gasteiger charge is -2.26. The highest BCUT2D eigenvalue weighted by Crippen LogP contribution is 2.38. The molecule has 5 nitrogen and oxygen atoms in total. The van der Waals surface area contributed by atoms with Crippen molar-refractivity contribution in [2.45, 2.75) is 25.4 Å². The summed E-state index contributed by atoms with van der Waals surface area (Å²) in [6.45, 7) is 3.70. The van der Waals surface area contributed by atoms with Gasteiger partial charge >= 0.3 is 6.18 Å². The van der Waals surface area contributed by atoms with Crippen LogP contribution in [0.3, 0.4) is 0 Å². The molecule has 2 aromatic carbocycles. The van der Waals surface area contributed by atoms with E-state index in [9.17, 15) is 18.0 Å². The number of methoxy groups -OCH3 is 3. The van der Waals surface area contributed by atoms with Crippen LogP contribution in [0.1, 0.15) is 30.5 Å². The number of nitrogens with one attached hydrogen (secondary N) is 1. The maximum Gasteiger partial charge on any atom is 0.416 e. The SMILES string of the molecule is COc1cc(/C=C/C(=O)NCC(C)(C)c2cccc(C(F)(F)F)c2)cc(OC)c1OC. The van der Waals surface area contributed by atoms with Crippen LogP contribution in [0, 0.1) is 0 Å². The number of ether oxygens (including phenoxy) is 3. The van der Waals surface area contributed by atoms with Gasteiger partial charge in [-0.2, -0.15) is 13.2 Å². The molecule has 0 radical (unpaired) electrons. The third kappa shape index (κ3) is 6.16. The van der Waals surface area contributed by atoms with E-state index in [-0.39, 0.29) is 12.5 Å². The molecule has 31 heavy (non-hydrogen) atoms. The first-order chi connectivity index (χ1) is 14.5. The summed E-state index contributed by atoms with van der Waals surface area (Å²) in [6.07, 6.45) is -1.50. The number of benzene rings is 2. The third-order valence-corrected chi connectivity index (χ3v) is 4.79.